The summed E-state index contributed by atoms with van der Waals surface area (Å²) in [6.07, 6.45) is 19.4. The minimum absolute atomic E-state index is 0.573. The van der Waals surface area contributed by atoms with Crippen molar-refractivity contribution in [1.29, 1.82) is 0 Å². The number of hydrogen-bond acceptors (Lipinski definition) is 1. The Bertz CT molecular complexity index is 526. The smallest absolute Gasteiger partial charge is 0.0266 e. The maximum atomic E-state index is 4.48. The van der Waals surface area contributed by atoms with E-state index in [1.54, 1.807) is 0 Å². The van der Waals surface area contributed by atoms with Crippen LogP contribution >= 0.6 is 0 Å². The molecule has 0 unspecified atom stereocenters. The molecular weight excluding hydrogens is 254 g/mol. The lowest BCUT2D eigenvalue weighted by Crippen LogP contribution is -2.48. The number of aliphatic imine (C=N–C) groups is 1. The van der Waals surface area contributed by atoms with E-state index in [0.29, 0.717) is 11.3 Å². The summed E-state index contributed by atoms with van der Waals surface area (Å²) in [4.78, 5) is 4.48. The van der Waals surface area contributed by atoms with Crippen molar-refractivity contribution in [2.75, 3.05) is 0 Å². The molecule has 0 aromatic rings. The Balaban J connectivity index is 1.74. The second-order valence-electron chi connectivity index (χ2n) is 7.96. The van der Waals surface area contributed by atoms with Crippen LogP contribution in [-0.4, -0.2) is 6.21 Å². The fourth-order valence-corrected chi connectivity index (χ4v) is 6.20. The van der Waals surface area contributed by atoms with Crippen LogP contribution in [0.2, 0.25) is 0 Å². The predicted octanol–water partition coefficient (Wildman–Crippen LogP) is 5.17. The number of fused-ring (bicyclic) bond motifs is 5. The van der Waals surface area contributed by atoms with Gasteiger partial charge in [0.1, 0.15) is 0 Å². The standard InChI is InChI=1S/C20H27N/c1-3-5-15-12-20(2)10-4-6-18(20)16-8-7-14-9-11-21-13-17(14)19(15)16/h3,7,9,11,13,15-19H,1,4-6,8,10,12H2,2H3/t15-,16-,17-,18-,19-,20-/m0/s1. The van der Waals surface area contributed by atoms with Gasteiger partial charge in [0, 0.05) is 18.3 Å². The Morgan fingerprint density at radius 2 is 2.38 bits per heavy atom. The largest absolute Gasteiger partial charge is 0.268 e. The Hall–Kier alpha value is -1.11. The molecule has 0 radical (unpaired) electrons. The molecule has 0 amide bonds. The van der Waals surface area contributed by atoms with Crippen LogP contribution < -0.4 is 0 Å². The van der Waals surface area contributed by atoms with Crippen molar-refractivity contribution in [3.63, 3.8) is 0 Å². The highest BCUT2D eigenvalue weighted by Crippen LogP contribution is 2.62. The zero-order valence-electron chi connectivity index (χ0n) is 13.2. The lowest BCUT2D eigenvalue weighted by molar-refractivity contribution is -0.0176. The van der Waals surface area contributed by atoms with Gasteiger partial charge in [0.25, 0.3) is 0 Å². The Kier molecular flexibility index (Phi) is 3.20. The van der Waals surface area contributed by atoms with Crippen LogP contribution in [0.25, 0.3) is 0 Å². The van der Waals surface area contributed by atoms with Gasteiger partial charge >= 0.3 is 0 Å². The fraction of sp³-hybridized carbons (Fsp3) is 0.650. The fourth-order valence-electron chi connectivity index (χ4n) is 6.20. The lowest BCUT2D eigenvalue weighted by atomic mass is 9.50. The summed E-state index contributed by atoms with van der Waals surface area (Å²) in [5, 5.41) is 0. The first-order valence-electron chi connectivity index (χ1n) is 8.74. The first-order chi connectivity index (χ1) is 10.2. The van der Waals surface area contributed by atoms with Crippen molar-refractivity contribution >= 4 is 6.21 Å². The number of hydrogen-bond donors (Lipinski definition) is 0. The molecule has 3 aliphatic carbocycles. The average molecular weight is 281 g/mol. The van der Waals surface area contributed by atoms with E-state index < -0.39 is 0 Å². The van der Waals surface area contributed by atoms with Crippen molar-refractivity contribution in [3.05, 3.63) is 36.6 Å². The number of allylic oxidation sites excluding steroid dienone is 4. The first kappa shape index (κ1) is 13.5. The van der Waals surface area contributed by atoms with Crippen molar-refractivity contribution in [2.45, 2.75) is 45.4 Å². The molecule has 0 spiro atoms. The van der Waals surface area contributed by atoms with Gasteiger partial charge in [-0.25, -0.2) is 0 Å². The van der Waals surface area contributed by atoms with E-state index in [4.69, 9.17) is 0 Å². The summed E-state index contributed by atoms with van der Waals surface area (Å²) >= 11 is 0. The second kappa shape index (κ2) is 4.97. The minimum Gasteiger partial charge on any atom is -0.268 e. The molecule has 1 aliphatic heterocycles. The van der Waals surface area contributed by atoms with Gasteiger partial charge in [0.2, 0.25) is 0 Å². The minimum atomic E-state index is 0.573. The summed E-state index contributed by atoms with van der Waals surface area (Å²) in [5.74, 6) is 4.00. The van der Waals surface area contributed by atoms with Crippen molar-refractivity contribution < 1.29 is 0 Å². The van der Waals surface area contributed by atoms with Crippen molar-refractivity contribution in [1.82, 2.24) is 0 Å². The molecule has 0 saturated heterocycles. The molecule has 6 atom stereocenters. The summed E-state index contributed by atoms with van der Waals surface area (Å²) in [7, 11) is 0. The van der Waals surface area contributed by atoms with Crippen LogP contribution in [0.3, 0.4) is 0 Å². The molecule has 0 N–H and O–H groups in total. The third-order valence-corrected chi connectivity index (χ3v) is 6.94. The van der Waals surface area contributed by atoms with Crippen molar-refractivity contribution in [3.8, 4) is 0 Å². The summed E-state index contributed by atoms with van der Waals surface area (Å²) in [5.41, 5.74) is 2.13. The highest BCUT2D eigenvalue weighted by Gasteiger charge is 2.54. The summed E-state index contributed by atoms with van der Waals surface area (Å²) in [6, 6.07) is 0. The molecule has 0 bridgehead atoms. The molecule has 1 heterocycles. The zero-order chi connectivity index (χ0) is 14.4. The van der Waals surface area contributed by atoms with Gasteiger partial charge in [-0.2, -0.15) is 0 Å². The quantitative estimate of drug-likeness (QED) is 0.619. The molecule has 21 heavy (non-hydrogen) atoms. The maximum absolute atomic E-state index is 4.48. The van der Waals surface area contributed by atoms with Crippen LogP contribution in [0.1, 0.15) is 45.4 Å². The van der Waals surface area contributed by atoms with Gasteiger partial charge in [-0.05, 0) is 72.8 Å². The summed E-state index contributed by atoms with van der Waals surface area (Å²) < 4.78 is 0. The first-order valence-corrected chi connectivity index (χ1v) is 8.74. The van der Waals surface area contributed by atoms with Gasteiger partial charge in [0.05, 0.1) is 0 Å². The van der Waals surface area contributed by atoms with Gasteiger partial charge in [-0.1, -0.05) is 25.5 Å². The van der Waals surface area contributed by atoms with Crippen LogP contribution in [0.15, 0.2) is 41.6 Å². The molecule has 0 aromatic carbocycles. The maximum Gasteiger partial charge on any atom is 0.0266 e. The molecule has 1 heteroatoms. The van der Waals surface area contributed by atoms with E-state index in [9.17, 15) is 0 Å². The normalized spacial score (nSPS) is 47.3. The Morgan fingerprint density at radius 3 is 3.24 bits per heavy atom. The third-order valence-electron chi connectivity index (χ3n) is 6.94. The van der Waals surface area contributed by atoms with E-state index in [2.05, 4.69) is 42.9 Å². The molecule has 0 aromatic heterocycles. The third kappa shape index (κ3) is 2.00. The van der Waals surface area contributed by atoms with E-state index in [-0.39, 0.29) is 0 Å². The van der Waals surface area contributed by atoms with Crippen LogP contribution in [-0.2, 0) is 0 Å². The lowest BCUT2D eigenvalue weighted by Gasteiger charge is -2.54. The molecule has 112 valence electrons. The van der Waals surface area contributed by atoms with Crippen LogP contribution in [0.4, 0.5) is 0 Å². The highest BCUT2D eigenvalue weighted by atomic mass is 14.7. The van der Waals surface area contributed by atoms with Gasteiger partial charge < -0.3 is 0 Å². The van der Waals surface area contributed by atoms with E-state index in [0.717, 1.165) is 23.7 Å². The van der Waals surface area contributed by atoms with Gasteiger partial charge in [-0.3, -0.25) is 4.99 Å². The molecule has 4 rings (SSSR count). The van der Waals surface area contributed by atoms with Crippen LogP contribution in [0.5, 0.6) is 0 Å². The van der Waals surface area contributed by atoms with E-state index in [1.807, 2.05) is 6.20 Å². The van der Waals surface area contributed by atoms with E-state index in [1.165, 1.54) is 44.1 Å². The zero-order valence-corrected chi connectivity index (χ0v) is 13.2. The van der Waals surface area contributed by atoms with Gasteiger partial charge in [0.15, 0.2) is 0 Å². The van der Waals surface area contributed by atoms with Crippen LogP contribution in [0, 0.1) is 35.0 Å². The molecule has 1 nitrogen and oxygen atoms in total. The second-order valence-corrected chi connectivity index (χ2v) is 7.96. The number of rotatable bonds is 2. The molecule has 2 saturated carbocycles. The van der Waals surface area contributed by atoms with Gasteiger partial charge in [-0.15, -0.1) is 6.58 Å². The molecule has 2 fully saturated rings. The highest BCUT2D eigenvalue weighted by molar-refractivity contribution is 5.70. The van der Waals surface area contributed by atoms with E-state index >= 15 is 0 Å². The monoisotopic (exact) mass is 281 g/mol. The van der Waals surface area contributed by atoms with Crippen molar-refractivity contribution in [2.24, 2.45) is 40.0 Å². The molecular formula is C20H27N. The Labute approximate surface area is 128 Å². The SMILES string of the molecule is C=CC[C@H]1C[C@]2(C)CCC[C@H]2[C@@H]2CC=C3C=CN=C[C@@H]3[C@@H]12. The number of nitrogens with zero attached hydrogens (tertiary/aromatic N) is 1. The topological polar surface area (TPSA) is 12.4 Å². The Morgan fingerprint density at radius 1 is 1.48 bits per heavy atom. The average Bonchev–Trinajstić information content (AvgIpc) is 2.88. The predicted molar refractivity (Wildman–Crippen MR) is 89.2 cm³/mol. The summed E-state index contributed by atoms with van der Waals surface area (Å²) in [6.45, 7) is 6.62. The molecule has 4 aliphatic rings.